The Morgan fingerprint density at radius 2 is 1.16 bits per heavy atom. The molecule has 1 heteroatoms. The van der Waals surface area contributed by atoms with Crippen LogP contribution in [0.5, 0.6) is 0 Å². The second-order valence-corrected chi connectivity index (χ2v) is 11.4. The Balaban J connectivity index is 1.16. The lowest BCUT2D eigenvalue weighted by atomic mass is 9.64. The molecule has 1 aromatic rings. The van der Waals surface area contributed by atoms with Gasteiger partial charge < -0.3 is 0 Å². The minimum absolute atomic E-state index is 0.167. The summed E-state index contributed by atoms with van der Waals surface area (Å²) >= 11 is 0. The summed E-state index contributed by atoms with van der Waals surface area (Å²) in [6.45, 7) is 3.85. The van der Waals surface area contributed by atoms with E-state index in [1.54, 1.807) is 5.56 Å². The number of rotatable bonds is 9. The SMILES string of the molecule is C=C[C@H]1CC[C@H](C2CCC(C3CCC(c4ccc(CCCCCF)cc4)CC3)CC2)CC1. The first-order valence-electron chi connectivity index (χ1n) is 14.0. The lowest BCUT2D eigenvalue weighted by Crippen LogP contribution is -2.29. The van der Waals surface area contributed by atoms with Crippen LogP contribution in [0.3, 0.4) is 0 Å². The summed E-state index contributed by atoms with van der Waals surface area (Å²) in [5.74, 6) is 5.66. The monoisotopic (exact) mass is 438 g/mol. The lowest BCUT2D eigenvalue weighted by Gasteiger charge is -2.41. The van der Waals surface area contributed by atoms with E-state index in [4.69, 9.17) is 0 Å². The Bertz CT molecular complexity index is 652. The van der Waals surface area contributed by atoms with Crippen molar-refractivity contribution in [2.75, 3.05) is 6.67 Å². The number of hydrogen-bond donors (Lipinski definition) is 0. The molecule has 0 aliphatic heterocycles. The molecule has 0 heterocycles. The molecule has 0 aromatic heterocycles. The zero-order valence-electron chi connectivity index (χ0n) is 20.5. The summed E-state index contributed by atoms with van der Waals surface area (Å²) in [4.78, 5) is 0. The number of alkyl halides is 1. The summed E-state index contributed by atoms with van der Waals surface area (Å²) in [6.07, 6.45) is 23.6. The number of aryl methyl sites for hydroxylation is 1. The topological polar surface area (TPSA) is 0 Å². The van der Waals surface area contributed by atoms with Crippen LogP contribution in [-0.2, 0) is 6.42 Å². The van der Waals surface area contributed by atoms with Crippen LogP contribution < -0.4 is 0 Å². The van der Waals surface area contributed by atoms with Crippen LogP contribution in [0.4, 0.5) is 4.39 Å². The summed E-state index contributed by atoms with van der Waals surface area (Å²) in [5.41, 5.74) is 2.99. The number of allylic oxidation sites excluding steroid dienone is 1. The van der Waals surface area contributed by atoms with Gasteiger partial charge in [-0.2, -0.15) is 0 Å². The molecular weight excluding hydrogens is 391 g/mol. The predicted molar refractivity (Wildman–Crippen MR) is 136 cm³/mol. The smallest absolute Gasteiger partial charge is 0.0894 e. The molecule has 3 aliphatic rings. The van der Waals surface area contributed by atoms with Crippen molar-refractivity contribution >= 4 is 0 Å². The Kier molecular flexibility index (Phi) is 9.30. The molecule has 3 saturated carbocycles. The van der Waals surface area contributed by atoms with Crippen molar-refractivity contribution in [3.05, 3.63) is 48.0 Å². The number of benzene rings is 1. The minimum atomic E-state index is -0.167. The fourth-order valence-corrected chi connectivity index (χ4v) is 7.42. The summed E-state index contributed by atoms with van der Waals surface area (Å²) in [5, 5.41) is 0. The van der Waals surface area contributed by atoms with Crippen LogP contribution in [0.25, 0.3) is 0 Å². The normalized spacial score (nSPS) is 33.7. The standard InChI is InChI=1S/C31H47F/c1-2-24-7-11-26(12-8-24)28-15-19-30(20-16-28)31-21-17-29(18-22-31)27-13-9-25(10-14-27)6-4-3-5-23-32/h2,9-10,13-14,24,26,28-31H,1,3-8,11-12,15-23H2/t24-,26-,28?,29?,30?,31?. The number of unbranched alkanes of at least 4 members (excludes halogenated alkanes) is 2. The average Bonchev–Trinajstić information content (AvgIpc) is 2.87. The molecule has 0 radical (unpaired) electrons. The van der Waals surface area contributed by atoms with Crippen LogP contribution in [-0.4, -0.2) is 6.67 Å². The van der Waals surface area contributed by atoms with Crippen molar-refractivity contribution < 1.29 is 4.39 Å². The van der Waals surface area contributed by atoms with Crippen molar-refractivity contribution in [2.24, 2.45) is 29.6 Å². The van der Waals surface area contributed by atoms with Crippen molar-refractivity contribution in [3.8, 4) is 0 Å². The molecule has 4 rings (SSSR count). The molecule has 0 bridgehead atoms. The second kappa shape index (κ2) is 12.4. The van der Waals surface area contributed by atoms with Gasteiger partial charge in [0.05, 0.1) is 6.67 Å². The lowest BCUT2D eigenvalue weighted by molar-refractivity contribution is 0.114. The molecule has 3 fully saturated rings. The zero-order chi connectivity index (χ0) is 22.2. The predicted octanol–water partition coefficient (Wildman–Crippen LogP) is 9.44. The van der Waals surface area contributed by atoms with Gasteiger partial charge in [-0.15, -0.1) is 6.58 Å². The molecular formula is C31H47F. The van der Waals surface area contributed by atoms with E-state index >= 15 is 0 Å². The van der Waals surface area contributed by atoms with E-state index in [9.17, 15) is 4.39 Å². The Labute approximate surface area is 197 Å². The van der Waals surface area contributed by atoms with Crippen LogP contribution in [0.15, 0.2) is 36.9 Å². The minimum Gasteiger partial charge on any atom is -0.251 e. The summed E-state index contributed by atoms with van der Waals surface area (Å²) in [6, 6.07) is 9.45. The molecule has 3 aliphatic carbocycles. The van der Waals surface area contributed by atoms with Crippen LogP contribution in [0, 0.1) is 29.6 Å². The van der Waals surface area contributed by atoms with Crippen LogP contribution >= 0.6 is 0 Å². The fraction of sp³-hybridized carbons (Fsp3) is 0.742. The van der Waals surface area contributed by atoms with E-state index in [0.29, 0.717) is 0 Å². The van der Waals surface area contributed by atoms with Gasteiger partial charge in [-0.1, -0.05) is 36.8 Å². The quantitative estimate of drug-likeness (QED) is 0.266. The molecule has 0 atom stereocenters. The van der Waals surface area contributed by atoms with Crippen LogP contribution in [0.2, 0.25) is 0 Å². The van der Waals surface area contributed by atoms with Gasteiger partial charge in [0.1, 0.15) is 0 Å². The molecule has 0 nitrogen and oxygen atoms in total. The molecule has 0 N–H and O–H groups in total. The molecule has 0 spiro atoms. The van der Waals surface area contributed by atoms with Crippen LogP contribution in [0.1, 0.15) is 113 Å². The Hall–Kier alpha value is -1.11. The number of hydrogen-bond acceptors (Lipinski definition) is 0. The van der Waals surface area contributed by atoms with Gasteiger partial charge in [0.2, 0.25) is 0 Å². The van der Waals surface area contributed by atoms with Gasteiger partial charge in [-0.05, 0) is 143 Å². The van der Waals surface area contributed by atoms with Gasteiger partial charge in [0.25, 0.3) is 0 Å². The molecule has 32 heavy (non-hydrogen) atoms. The highest BCUT2D eigenvalue weighted by Crippen LogP contribution is 2.47. The molecule has 0 amide bonds. The second-order valence-electron chi connectivity index (χ2n) is 11.4. The van der Waals surface area contributed by atoms with E-state index < -0.39 is 0 Å². The first-order valence-corrected chi connectivity index (χ1v) is 14.0. The van der Waals surface area contributed by atoms with E-state index in [1.807, 2.05) is 0 Å². The zero-order valence-corrected chi connectivity index (χ0v) is 20.5. The molecule has 0 unspecified atom stereocenters. The maximum Gasteiger partial charge on any atom is 0.0894 e. The first-order chi connectivity index (χ1) is 15.8. The molecule has 1 aromatic carbocycles. The first kappa shape index (κ1) is 24.0. The Morgan fingerprint density at radius 3 is 1.66 bits per heavy atom. The third-order valence-corrected chi connectivity index (χ3v) is 9.62. The molecule has 0 saturated heterocycles. The Morgan fingerprint density at radius 1 is 0.656 bits per heavy atom. The van der Waals surface area contributed by atoms with E-state index in [2.05, 4.69) is 36.9 Å². The van der Waals surface area contributed by atoms with Crippen molar-refractivity contribution in [1.82, 2.24) is 0 Å². The van der Waals surface area contributed by atoms with Gasteiger partial charge in [-0.25, -0.2) is 0 Å². The largest absolute Gasteiger partial charge is 0.251 e. The van der Waals surface area contributed by atoms with Crippen molar-refractivity contribution in [1.29, 1.82) is 0 Å². The highest BCUT2D eigenvalue weighted by atomic mass is 19.1. The third kappa shape index (κ3) is 6.48. The number of halogens is 1. The molecule has 178 valence electrons. The van der Waals surface area contributed by atoms with E-state index in [-0.39, 0.29) is 6.67 Å². The van der Waals surface area contributed by atoms with Crippen molar-refractivity contribution in [2.45, 2.75) is 109 Å². The highest BCUT2D eigenvalue weighted by Gasteiger charge is 2.34. The van der Waals surface area contributed by atoms with Gasteiger partial charge in [0, 0.05) is 0 Å². The van der Waals surface area contributed by atoms with Crippen molar-refractivity contribution in [3.63, 3.8) is 0 Å². The van der Waals surface area contributed by atoms with Gasteiger partial charge in [-0.3, -0.25) is 4.39 Å². The third-order valence-electron chi connectivity index (χ3n) is 9.62. The van der Waals surface area contributed by atoms with E-state index in [0.717, 1.165) is 61.2 Å². The highest BCUT2D eigenvalue weighted by molar-refractivity contribution is 5.26. The maximum atomic E-state index is 12.2. The average molecular weight is 439 g/mol. The summed E-state index contributed by atoms with van der Waals surface area (Å²) < 4.78 is 12.2. The fourth-order valence-electron chi connectivity index (χ4n) is 7.42. The van der Waals surface area contributed by atoms with Gasteiger partial charge >= 0.3 is 0 Å². The summed E-state index contributed by atoms with van der Waals surface area (Å²) in [7, 11) is 0. The maximum absolute atomic E-state index is 12.2. The van der Waals surface area contributed by atoms with Gasteiger partial charge in [0.15, 0.2) is 0 Å². The van der Waals surface area contributed by atoms with E-state index in [1.165, 1.54) is 82.6 Å².